The van der Waals surface area contributed by atoms with Gasteiger partial charge in [-0.15, -0.1) is 0 Å². The van der Waals surface area contributed by atoms with Crippen molar-refractivity contribution in [1.82, 2.24) is 19.7 Å². The van der Waals surface area contributed by atoms with Gasteiger partial charge in [0.15, 0.2) is 0 Å². The molecular weight excluding hydrogens is 262 g/mol. The molecule has 0 amide bonds. The molecule has 5 nitrogen and oxygen atoms in total. The third-order valence-corrected chi connectivity index (χ3v) is 3.69. The minimum atomic E-state index is 0.760. The molecule has 1 N–H and O–H groups in total. The molecule has 0 saturated heterocycles. The van der Waals surface area contributed by atoms with Gasteiger partial charge in [0.1, 0.15) is 12.7 Å². The minimum absolute atomic E-state index is 0.760. The molecule has 0 aliphatic carbocycles. The second-order valence-corrected chi connectivity index (χ2v) is 6.55. The largest absolute Gasteiger partial charge is 0.361 e. The van der Waals surface area contributed by atoms with Crippen molar-refractivity contribution < 1.29 is 4.48 Å². The highest BCUT2D eigenvalue weighted by molar-refractivity contribution is 5.83. The fraction of sp³-hybridized carbons (Fsp3) is 0.375. The molecule has 0 fully saturated rings. The van der Waals surface area contributed by atoms with Gasteiger partial charge in [0.25, 0.3) is 0 Å². The number of aromatic nitrogens is 4. The van der Waals surface area contributed by atoms with Crippen LogP contribution in [0.3, 0.4) is 0 Å². The first-order chi connectivity index (χ1) is 10.0. The second kappa shape index (κ2) is 5.33. The van der Waals surface area contributed by atoms with Gasteiger partial charge in [-0.05, 0) is 23.3 Å². The average molecular weight is 284 g/mol. The van der Waals surface area contributed by atoms with Crippen molar-refractivity contribution in [3.05, 3.63) is 48.2 Å². The Morgan fingerprint density at radius 2 is 2.10 bits per heavy atom. The van der Waals surface area contributed by atoms with Crippen LogP contribution in [0.15, 0.2) is 37.1 Å². The van der Waals surface area contributed by atoms with Crippen molar-refractivity contribution in [3.63, 3.8) is 0 Å². The first kappa shape index (κ1) is 13.8. The van der Waals surface area contributed by atoms with E-state index in [1.165, 1.54) is 22.0 Å². The minimum Gasteiger partial charge on any atom is -0.361 e. The number of hydrogen-bond acceptors (Lipinski definition) is 2. The zero-order valence-corrected chi connectivity index (χ0v) is 12.9. The lowest BCUT2D eigenvalue weighted by Crippen LogP contribution is -2.36. The number of likely N-dealkylation sites (N-methyl/N-ethyl adjacent to an activating group) is 1. The van der Waals surface area contributed by atoms with Crippen LogP contribution in [-0.2, 0) is 13.0 Å². The molecule has 2 aromatic heterocycles. The SMILES string of the molecule is C[N+](C)(C)CCc1c[nH]c2ccc(Cn3cncn3)cc12. The standard InChI is InChI=1S/C16H22N5/c1-21(2,3)7-6-14-9-18-16-5-4-13(8-15(14)16)10-20-12-17-11-19-20/h4-5,8-9,11-12,18H,6-7,10H2,1-3H3/q+1. The van der Waals surface area contributed by atoms with Crippen LogP contribution in [0.25, 0.3) is 10.9 Å². The Hall–Kier alpha value is -2.14. The Labute approximate surface area is 124 Å². The summed E-state index contributed by atoms with van der Waals surface area (Å²) in [5.41, 5.74) is 3.84. The monoisotopic (exact) mass is 284 g/mol. The van der Waals surface area contributed by atoms with Crippen molar-refractivity contribution in [2.45, 2.75) is 13.0 Å². The number of nitrogens with one attached hydrogen (secondary N) is 1. The maximum atomic E-state index is 4.17. The summed E-state index contributed by atoms with van der Waals surface area (Å²) in [6.45, 7) is 1.89. The molecule has 5 heteroatoms. The molecule has 0 aliphatic heterocycles. The van der Waals surface area contributed by atoms with Crippen LogP contribution in [0.1, 0.15) is 11.1 Å². The summed E-state index contributed by atoms with van der Waals surface area (Å²) >= 11 is 0. The number of H-pyrrole nitrogens is 1. The number of benzene rings is 1. The molecule has 0 radical (unpaired) electrons. The Morgan fingerprint density at radius 3 is 2.81 bits per heavy atom. The van der Waals surface area contributed by atoms with Gasteiger partial charge in [-0.2, -0.15) is 5.10 Å². The predicted octanol–water partition coefficient (Wildman–Crippen LogP) is 2.06. The van der Waals surface area contributed by atoms with E-state index >= 15 is 0 Å². The van der Waals surface area contributed by atoms with Crippen molar-refractivity contribution in [3.8, 4) is 0 Å². The normalized spacial score (nSPS) is 12.1. The third-order valence-electron chi connectivity index (χ3n) is 3.69. The molecule has 1 aromatic carbocycles. The molecule has 3 rings (SSSR count). The van der Waals surface area contributed by atoms with Crippen LogP contribution in [0.4, 0.5) is 0 Å². The second-order valence-electron chi connectivity index (χ2n) is 6.55. The quantitative estimate of drug-likeness (QED) is 0.729. The smallest absolute Gasteiger partial charge is 0.137 e. The summed E-state index contributed by atoms with van der Waals surface area (Å²) in [7, 11) is 6.68. The summed E-state index contributed by atoms with van der Waals surface area (Å²) in [4.78, 5) is 7.36. The third kappa shape index (κ3) is 3.31. The zero-order valence-electron chi connectivity index (χ0n) is 12.9. The van der Waals surface area contributed by atoms with Gasteiger partial charge in [-0.25, -0.2) is 9.67 Å². The molecule has 0 bridgehead atoms. The Balaban J connectivity index is 1.85. The topological polar surface area (TPSA) is 46.5 Å². The van der Waals surface area contributed by atoms with Crippen LogP contribution in [-0.4, -0.2) is 51.9 Å². The maximum absolute atomic E-state index is 4.17. The molecule has 0 atom stereocenters. The molecule has 0 saturated carbocycles. The lowest BCUT2D eigenvalue weighted by Gasteiger charge is -2.23. The highest BCUT2D eigenvalue weighted by Crippen LogP contribution is 2.21. The Morgan fingerprint density at radius 1 is 1.24 bits per heavy atom. The van der Waals surface area contributed by atoms with E-state index < -0.39 is 0 Å². The molecule has 0 unspecified atom stereocenters. The van der Waals surface area contributed by atoms with Gasteiger partial charge in [0, 0.05) is 23.5 Å². The van der Waals surface area contributed by atoms with E-state index in [4.69, 9.17) is 0 Å². The molecule has 110 valence electrons. The van der Waals surface area contributed by atoms with Gasteiger partial charge in [0.2, 0.25) is 0 Å². The van der Waals surface area contributed by atoms with E-state index in [0.29, 0.717) is 0 Å². The maximum Gasteiger partial charge on any atom is 0.137 e. The molecule has 21 heavy (non-hydrogen) atoms. The summed E-state index contributed by atoms with van der Waals surface area (Å²) in [6, 6.07) is 6.56. The van der Waals surface area contributed by atoms with E-state index in [9.17, 15) is 0 Å². The Kier molecular flexibility index (Phi) is 3.51. The van der Waals surface area contributed by atoms with E-state index in [-0.39, 0.29) is 0 Å². The van der Waals surface area contributed by atoms with E-state index in [0.717, 1.165) is 24.0 Å². The summed E-state index contributed by atoms with van der Waals surface area (Å²) < 4.78 is 2.82. The Bertz CT molecular complexity index is 719. The van der Waals surface area contributed by atoms with Crippen molar-refractivity contribution in [2.24, 2.45) is 0 Å². The lowest BCUT2D eigenvalue weighted by atomic mass is 10.1. The van der Waals surface area contributed by atoms with Gasteiger partial charge in [-0.3, -0.25) is 0 Å². The number of nitrogens with zero attached hydrogens (tertiary/aromatic N) is 4. The van der Waals surface area contributed by atoms with Crippen molar-refractivity contribution in [1.29, 1.82) is 0 Å². The van der Waals surface area contributed by atoms with Gasteiger partial charge < -0.3 is 9.47 Å². The van der Waals surface area contributed by atoms with Crippen LogP contribution < -0.4 is 0 Å². The van der Waals surface area contributed by atoms with Gasteiger partial charge in [0.05, 0.1) is 34.2 Å². The zero-order chi connectivity index (χ0) is 14.9. The van der Waals surface area contributed by atoms with E-state index in [2.05, 4.69) is 60.6 Å². The first-order valence-electron chi connectivity index (χ1n) is 7.23. The van der Waals surface area contributed by atoms with E-state index in [1.54, 1.807) is 12.7 Å². The van der Waals surface area contributed by atoms with Crippen LogP contribution in [0.2, 0.25) is 0 Å². The average Bonchev–Trinajstić information content (AvgIpc) is 3.05. The van der Waals surface area contributed by atoms with Crippen LogP contribution in [0, 0.1) is 0 Å². The molecule has 3 aromatic rings. The lowest BCUT2D eigenvalue weighted by molar-refractivity contribution is -0.870. The van der Waals surface area contributed by atoms with Gasteiger partial charge >= 0.3 is 0 Å². The first-order valence-corrected chi connectivity index (χ1v) is 7.23. The number of rotatable bonds is 5. The molecule has 0 aliphatic rings. The van der Waals surface area contributed by atoms with Crippen molar-refractivity contribution >= 4 is 10.9 Å². The fourth-order valence-electron chi connectivity index (χ4n) is 2.49. The molecule has 2 heterocycles. The van der Waals surface area contributed by atoms with E-state index in [1.807, 2.05) is 4.68 Å². The summed E-state index contributed by atoms with van der Waals surface area (Å²) in [5.74, 6) is 0. The molecule has 0 spiro atoms. The van der Waals surface area contributed by atoms with Crippen LogP contribution >= 0.6 is 0 Å². The van der Waals surface area contributed by atoms with Gasteiger partial charge in [-0.1, -0.05) is 6.07 Å². The van der Waals surface area contributed by atoms with Crippen LogP contribution in [0.5, 0.6) is 0 Å². The number of quaternary nitrogens is 1. The fourth-order valence-corrected chi connectivity index (χ4v) is 2.49. The predicted molar refractivity (Wildman–Crippen MR) is 84.0 cm³/mol. The van der Waals surface area contributed by atoms with Crippen molar-refractivity contribution in [2.75, 3.05) is 27.7 Å². The highest BCUT2D eigenvalue weighted by atomic mass is 15.3. The number of fused-ring (bicyclic) bond motifs is 1. The molecular formula is C16H22N5+. The number of aromatic amines is 1. The highest BCUT2D eigenvalue weighted by Gasteiger charge is 2.11. The number of hydrogen-bond donors (Lipinski definition) is 1. The summed E-state index contributed by atoms with van der Waals surface area (Å²) in [5, 5.41) is 5.49. The summed E-state index contributed by atoms with van der Waals surface area (Å²) in [6.07, 6.45) is 6.54.